The van der Waals surface area contributed by atoms with Gasteiger partial charge in [0.1, 0.15) is 12.6 Å². The Morgan fingerprint density at radius 3 is 2.78 bits per heavy atom. The average molecular weight is 334 g/mol. The van der Waals surface area contributed by atoms with E-state index < -0.39 is 0 Å². The number of nitrogens with one attached hydrogen (secondary N) is 1. The number of halogens is 1. The normalized spacial score (nSPS) is 20.7. The third kappa shape index (κ3) is 3.74. The number of aryl methyl sites for hydroxylation is 2. The second kappa shape index (κ2) is 6.72. The number of benzene rings is 1. The molecule has 0 aliphatic carbocycles. The number of carbonyl (C=O) groups is 1. The van der Waals surface area contributed by atoms with Crippen LogP contribution in [0.5, 0.6) is 0 Å². The smallest absolute Gasteiger partial charge is 0.242 e. The largest absolute Gasteiger partial charge is 0.371 e. The van der Waals surface area contributed by atoms with E-state index in [1.165, 1.54) is 0 Å². The standard InChI is InChI=1S/C17H20ClN3O2/c1-11-9-12(2)21(20-11)10-16(22)19-15-7-8-23-17(15)13-3-5-14(18)6-4-13/h3-6,9,15,17H,7-8,10H2,1-2H3,(H,19,22)/t15-,17+/m1/s1. The third-order valence-electron chi connectivity index (χ3n) is 4.03. The molecule has 1 aromatic heterocycles. The number of nitrogens with zero attached hydrogens (tertiary/aromatic N) is 2. The van der Waals surface area contributed by atoms with Crippen LogP contribution >= 0.6 is 11.6 Å². The van der Waals surface area contributed by atoms with Crippen LogP contribution in [0.2, 0.25) is 5.02 Å². The fraction of sp³-hybridized carbons (Fsp3) is 0.412. The Labute approximate surface area is 140 Å². The molecule has 23 heavy (non-hydrogen) atoms. The number of carbonyl (C=O) groups excluding carboxylic acids is 1. The second-order valence-corrected chi connectivity index (χ2v) is 6.33. The van der Waals surface area contributed by atoms with Crippen LogP contribution in [0, 0.1) is 13.8 Å². The molecule has 1 aliphatic heterocycles. The third-order valence-corrected chi connectivity index (χ3v) is 4.29. The van der Waals surface area contributed by atoms with Gasteiger partial charge < -0.3 is 10.1 Å². The van der Waals surface area contributed by atoms with Gasteiger partial charge in [0.2, 0.25) is 5.91 Å². The Bertz CT molecular complexity index is 696. The van der Waals surface area contributed by atoms with Gasteiger partial charge in [0.25, 0.3) is 0 Å². The maximum Gasteiger partial charge on any atom is 0.242 e. The number of ether oxygens (including phenoxy) is 1. The van der Waals surface area contributed by atoms with Crippen molar-refractivity contribution in [1.82, 2.24) is 15.1 Å². The van der Waals surface area contributed by atoms with Crippen molar-refractivity contribution in [2.75, 3.05) is 6.61 Å². The van der Waals surface area contributed by atoms with Crippen molar-refractivity contribution in [3.05, 3.63) is 52.3 Å². The minimum atomic E-state index is -0.128. The number of hydrogen-bond acceptors (Lipinski definition) is 3. The van der Waals surface area contributed by atoms with Crippen LogP contribution in [-0.2, 0) is 16.1 Å². The van der Waals surface area contributed by atoms with Crippen molar-refractivity contribution in [3.8, 4) is 0 Å². The molecule has 2 heterocycles. The maximum atomic E-state index is 12.3. The van der Waals surface area contributed by atoms with Crippen molar-refractivity contribution in [1.29, 1.82) is 0 Å². The van der Waals surface area contributed by atoms with E-state index in [4.69, 9.17) is 16.3 Å². The summed E-state index contributed by atoms with van der Waals surface area (Å²) in [6.07, 6.45) is 0.674. The van der Waals surface area contributed by atoms with E-state index in [1.54, 1.807) is 4.68 Å². The zero-order chi connectivity index (χ0) is 16.4. The van der Waals surface area contributed by atoms with Crippen molar-refractivity contribution >= 4 is 17.5 Å². The van der Waals surface area contributed by atoms with Crippen LogP contribution in [0.15, 0.2) is 30.3 Å². The Kier molecular flexibility index (Phi) is 4.68. The molecule has 0 radical (unpaired) electrons. The number of hydrogen-bond donors (Lipinski definition) is 1. The highest BCUT2D eigenvalue weighted by Crippen LogP contribution is 2.29. The van der Waals surface area contributed by atoms with Gasteiger partial charge in [-0.15, -0.1) is 0 Å². The summed E-state index contributed by atoms with van der Waals surface area (Å²) in [4.78, 5) is 12.3. The first-order chi connectivity index (χ1) is 11.0. The molecular weight excluding hydrogens is 314 g/mol. The van der Waals surface area contributed by atoms with Gasteiger partial charge in [-0.3, -0.25) is 9.48 Å². The molecule has 1 saturated heterocycles. The van der Waals surface area contributed by atoms with E-state index in [2.05, 4.69) is 10.4 Å². The summed E-state index contributed by atoms with van der Waals surface area (Å²) in [7, 11) is 0. The lowest BCUT2D eigenvalue weighted by molar-refractivity contribution is -0.123. The molecule has 0 spiro atoms. The van der Waals surface area contributed by atoms with Gasteiger partial charge in [-0.25, -0.2) is 0 Å². The van der Waals surface area contributed by atoms with Gasteiger partial charge >= 0.3 is 0 Å². The molecule has 0 unspecified atom stereocenters. The van der Waals surface area contributed by atoms with Gasteiger partial charge in [0.15, 0.2) is 0 Å². The summed E-state index contributed by atoms with van der Waals surface area (Å²) < 4.78 is 7.51. The predicted molar refractivity (Wildman–Crippen MR) is 88.4 cm³/mol. The molecule has 122 valence electrons. The molecule has 1 aliphatic rings. The van der Waals surface area contributed by atoms with E-state index in [1.807, 2.05) is 44.2 Å². The van der Waals surface area contributed by atoms with Crippen LogP contribution in [0.1, 0.15) is 29.5 Å². The first-order valence-electron chi connectivity index (χ1n) is 7.70. The zero-order valence-electron chi connectivity index (χ0n) is 13.3. The van der Waals surface area contributed by atoms with Crippen LogP contribution in [0.3, 0.4) is 0 Å². The minimum absolute atomic E-state index is 0.0272. The molecule has 3 rings (SSSR count). The van der Waals surface area contributed by atoms with E-state index >= 15 is 0 Å². The SMILES string of the molecule is Cc1cc(C)n(CC(=O)N[C@@H]2CCO[C@H]2c2ccc(Cl)cc2)n1. The van der Waals surface area contributed by atoms with E-state index in [9.17, 15) is 4.79 Å². The first kappa shape index (κ1) is 16.0. The first-order valence-corrected chi connectivity index (χ1v) is 8.08. The van der Waals surface area contributed by atoms with E-state index in [0.29, 0.717) is 11.6 Å². The van der Waals surface area contributed by atoms with Crippen molar-refractivity contribution in [3.63, 3.8) is 0 Å². The van der Waals surface area contributed by atoms with Gasteiger partial charge in [0.05, 0.1) is 11.7 Å². The molecule has 5 nitrogen and oxygen atoms in total. The van der Waals surface area contributed by atoms with E-state index in [-0.39, 0.29) is 24.6 Å². The molecule has 6 heteroatoms. The Morgan fingerprint density at radius 2 is 2.13 bits per heavy atom. The number of amides is 1. The predicted octanol–water partition coefficient (Wildman–Crippen LogP) is 2.80. The lowest BCUT2D eigenvalue weighted by Gasteiger charge is -2.20. The van der Waals surface area contributed by atoms with Gasteiger partial charge in [-0.1, -0.05) is 23.7 Å². The van der Waals surface area contributed by atoms with Crippen molar-refractivity contribution in [2.24, 2.45) is 0 Å². The summed E-state index contributed by atoms with van der Waals surface area (Å²) in [5.74, 6) is -0.0503. The van der Waals surface area contributed by atoms with E-state index in [0.717, 1.165) is 23.4 Å². The molecule has 2 aromatic rings. The summed E-state index contributed by atoms with van der Waals surface area (Å²) in [5, 5.41) is 8.08. The molecule has 1 aromatic carbocycles. The Morgan fingerprint density at radius 1 is 1.39 bits per heavy atom. The number of rotatable bonds is 4. The summed E-state index contributed by atoms with van der Waals surface area (Å²) in [5.41, 5.74) is 2.93. The van der Waals surface area contributed by atoms with Crippen LogP contribution in [0.25, 0.3) is 0 Å². The molecular formula is C17H20ClN3O2. The van der Waals surface area contributed by atoms with Gasteiger partial charge in [-0.05, 0) is 44.0 Å². The molecule has 0 bridgehead atoms. The van der Waals surface area contributed by atoms with Gasteiger partial charge in [-0.2, -0.15) is 5.10 Å². The quantitative estimate of drug-likeness (QED) is 0.936. The monoisotopic (exact) mass is 333 g/mol. The lowest BCUT2D eigenvalue weighted by atomic mass is 10.0. The van der Waals surface area contributed by atoms with Gasteiger partial charge in [0, 0.05) is 17.3 Å². The lowest BCUT2D eigenvalue weighted by Crippen LogP contribution is -2.39. The summed E-state index contributed by atoms with van der Waals surface area (Å²) >= 11 is 5.93. The zero-order valence-corrected chi connectivity index (χ0v) is 14.0. The highest BCUT2D eigenvalue weighted by Gasteiger charge is 2.30. The molecule has 2 atom stereocenters. The number of aromatic nitrogens is 2. The Balaban J connectivity index is 1.65. The minimum Gasteiger partial charge on any atom is -0.371 e. The van der Waals surface area contributed by atoms with Crippen LogP contribution in [0.4, 0.5) is 0 Å². The van der Waals surface area contributed by atoms with Crippen molar-refractivity contribution in [2.45, 2.75) is 39.0 Å². The van der Waals surface area contributed by atoms with Crippen LogP contribution in [-0.4, -0.2) is 28.3 Å². The highest BCUT2D eigenvalue weighted by molar-refractivity contribution is 6.30. The average Bonchev–Trinajstić information content (AvgIpc) is 3.07. The van der Waals surface area contributed by atoms with Crippen molar-refractivity contribution < 1.29 is 9.53 Å². The fourth-order valence-corrected chi connectivity index (χ4v) is 3.07. The molecule has 1 fully saturated rings. The fourth-order valence-electron chi connectivity index (χ4n) is 2.94. The molecule has 0 saturated carbocycles. The second-order valence-electron chi connectivity index (χ2n) is 5.89. The molecule has 1 amide bonds. The summed E-state index contributed by atoms with van der Waals surface area (Å²) in [6, 6.07) is 9.50. The maximum absolute atomic E-state index is 12.3. The summed E-state index contributed by atoms with van der Waals surface area (Å²) in [6.45, 7) is 4.73. The topological polar surface area (TPSA) is 56.2 Å². The molecule has 1 N–H and O–H groups in total. The highest BCUT2D eigenvalue weighted by atomic mass is 35.5. The van der Waals surface area contributed by atoms with Crippen LogP contribution < -0.4 is 5.32 Å². The Hall–Kier alpha value is -1.85.